The maximum Gasteiger partial charge on any atom is 0.275 e. The van der Waals surface area contributed by atoms with Crippen LogP contribution in [0.1, 0.15) is 22.5 Å². The van der Waals surface area contributed by atoms with E-state index in [9.17, 15) is 9.90 Å². The molecule has 1 aromatic heterocycles. The van der Waals surface area contributed by atoms with Gasteiger partial charge in [-0.2, -0.15) is 5.10 Å². The van der Waals surface area contributed by atoms with E-state index in [0.717, 1.165) is 16.5 Å². The number of fused-ring (bicyclic) bond motifs is 1. The molecule has 0 saturated carbocycles. The lowest BCUT2D eigenvalue weighted by molar-refractivity contribution is 0.0235. The van der Waals surface area contributed by atoms with Crippen LogP contribution in [0.2, 0.25) is 0 Å². The van der Waals surface area contributed by atoms with Gasteiger partial charge in [-0.15, -0.1) is 0 Å². The zero-order valence-electron chi connectivity index (χ0n) is 14.2. The summed E-state index contributed by atoms with van der Waals surface area (Å²) in [5.74, 6) is -0.101. The summed E-state index contributed by atoms with van der Waals surface area (Å²) in [6, 6.07) is 6.00. The predicted molar refractivity (Wildman–Crippen MR) is 89.5 cm³/mol. The number of aromatic nitrogens is 2. The fourth-order valence-electron chi connectivity index (χ4n) is 3.43. The highest BCUT2D eigenvalue weighted by molar-refractivity contribution is 6.05. The topological polar surface area (TPSA) is 61.6 Å². The van der Waals surface area contributed by atoms with Gasteiger partial charge in [0, 0.05) is 25.5 Å². The fourth-order valence-corrected chi connectivity index (χ4v) is 3.43. The molecular formula is C17H24N4O2. The van der Waals surface area contributed by atoms with Crippen molar-refractivity contribution in [2.24, 2.45) is 7.05 Å². The lowest BCUT2D eigenvalue weighted by atomic mass is 10.0. The number of aliphatic hydroxyl groups is 1. The molecule has 124 valence electrons. The molecule has 2 aromatic rings. The van der Waals surface area contributed by atoms with Crippen LogP contribution < -0.4 is 0 Å². The molecule has 1 atom stereocenters. The molecule has 2 heterocycles. The van der Waals surface area contributed by atoms with Crippen molar-refractivity contribution in [1.29, 1.82) is 0 Å². The third kappa shape index (κ3) is 2.96. The maximum absolute atomic E-state index is 12.9. The number of hydrogen-bond donors (Lipinski definition) is 1. The maximum atomic E-state index is 12.9. The average Bonchev–Trinajstić information content (AvgIpc) is 2.98. The van der Waals surface area contributed by atoms with Crippen LogP contribution in [0, 0.1) is 6.92 Å². The first-order valence-corrected chi connectivity index (χ1v) is 7.89. The van der Waals surface area contributed by atoms with E-state index in [-0.39, 0.29) is 5.91 Å². The van der Waals surface area contributed by atoms with Crippen molar-refractivity contribution >= 4 is 16.8 Å². The number of carbonyl (C=O) groups excluding carboxylic acids is 1. The Hall–Kier alpha value is -1.92. The first-order chi connectivity index (χ1) is 10.8. The summed E-state index contributed by atoms with van der Waals surface area (Å²) in [7, 11) is 5.70. The van der Waals surface area contributed by atoms with E-state index in [2.05, 4.69) is 5.10 Å². The molecule has 1 amide bonds. The van der Waals surface area contributed by atoms with E-state index in [1.807, 2.05) is 51.2 Å². The second kappa shape index (κ2) is 5.62. The smallest absolute Gasteiger partial charge is 0.275 e. The van der Waals surface area contributed by atoms with Gasteiger partial charge in [0.1, 0.15) is 0 Å². The first-order valence-electron chi connectivity index (χ1n) is 7.89. The molecule has 0 unspecified atom stereocenters. The number of likely N-dealkylation sites (tertiary alicyclic amines) is 1. The van der Waals surface area contributed by atoms with E-state index < -0.39 is 5.60 Å². The number of aryl methyl sites for hydroxylation is 2. The van der Waals surface area contributed by atoms with E-state index in [0.29, 0.717) is 31.7 Å². The predicted octanol–water partition coefficient (Wildman–Crippen LogP) is 1.02. The molecular weight excluding hydrogens is 292 g/mol. The van der Waals surface area contributed by atoms with Crippen molar-refractivity contribution in [2.45, 2.75) is 18.9 Å². The largest absolute Gasteiger partial charge is 0.387 e. The Morgan fingerprint density at radius 2 is 2.17 bits per heavy atom. The average molecular weight is 316 g/mol. The third-order valence-corrected chi connectivity index (χ3v) is 4.44. The lowest BCUT2D eigenvalue weighted by Crippen LogP contribution is -2.43. The highest BCUT2D eigenvalue weighted by Gasteiger charge is 2.39. The van der Waals surface area contributed by atoms with Crippen LogP contribution in [0.5, 0.6) is 0 Å². The number of β-amino-alcohol motifs (C(OH)–C–C–N with tert-alkyl or cyclic N) is 1. The second-order valence-corrected chi connectivity index (χ2v) is 6.93. The highest BCUT2D eigenvalue weighted by atomic mass is 16.3. The van der Waals surface area contributed by atoms with Gasteiger partial charge in [0.05, 0.1) is 17.7 Å². The fraction of sp³-hybridized carbons (Fsp3) is 0.529. The zero-order chi connectivity index (χ0) is 16.8. The van der Waals surface area contributed by atoms with Crippen molar-refractivity contribution in [3.05, 3.63) is 29.5 Å². The molecule has 0 radical (unpaired) electrons. The standard InChI is InChI=1S/C17H24N4O2/c1-12-5-6-14-13(9-12)15(18-20(14)4)16(22)21-8-7-17(23,11-21)10-19(2)3/h5-6,9,23H,7-8,10-11H2,1-4H3/t17-/m0/s1. The summed E-state index contributed by atoms with van der Waals surface area (Å²) < 4.78 is 1.74. The van der Waals surface area contributed by atoms with Crippen LogP contribution in [-0.4, -0.2) is 69.9 Å². The summed E-state index contributed by atoms with van der Waals surface area (Å²) in [5.41, 5.74) is 1.69. The monoisotopic (exact) mass is 316 g/mol. The third-order valence-electron chi connectivity index (χ3n) is 4.44. The number of benzene rings is 1. The van der Waals surface area contributed by atoms with E-state index >= 15 is 0 Å². The Morgan fingerprint density at radius 3 is 2.87 bits per heavy atom. The van der Waals surface area contributed by atoms with Gasteiger partial charge in [-0.3, -0.25) is 9.48 Å². The normalized spacial score (nSPS) is 21.6. The van der Waals surface area contributed by atoms with Crippen LogP contribution in [0.15, 0.2) is 18.2 Å². The number of hydrogen-bond acceptors (Lipinski definition) is 4. The van der Waals surface area contributed by atoms with Crippen molar-refractivity contribution in [1.82, 2.24) is 19.6 Å². The molecule has 1 aromatic carbocycles. The lowest BCUT2D eigenvalue weighted by Gasteiger charge is -2.26. The summed E-state index contributed by atoms with van der Waals surface area (Å²) in [5, 5.41) is 15.9. The molecule has 0 bridgehead atoms. The molecule has 0 aliphatic carbocycles. The Balaban J connectivity index is 1.89. The molecule has 0 spiro atoms. The number of rotatable bonds is 3. The Labute approximate surface area is 136 Å². The molecule has 1 aliphatic heterocycles. The van der Waals surface area contributed by atoms with Gasteiger partial charge in [0.2, 0.25) is 0 Å². The van der Waals surface area contributed by atoms with Gasteiger partial charge in [-0.05, 0) is 39.6 Å². The van der Waals surface area contributed by atoms with Gasteiger partial charge >= 0.3 is 0 Å². The Bertz CT molecular complexity index is 752. The van der Waals surface area contributed by atoms with Crippen LogP contribution in [0.4, 0.5) is 0 Å². The van der Waals surface area contributed by atoms with Crippen molar-refractivity contribution in [2.75, 3.05) is 33.7 Å². The minimum Gasteiger partial charge on any atom is -0.387 e. The van der Waals surface area contributed by atoms with E-state index in [4.69, 9.17) is 0 Å². The molecule has 23 heavy (non-hydrogen) atoms. The molecule has 3 rings (SSSR count). The Kier molecular flexibility index (Phi) is 3.90. The van der Waals surface area contributed by atoms with Crippen molar-refractivity contribution in [3.8, 4) is 0 Å². The summed E-state index contributed by atoms with van der Waals surface area (Å²) in [4.78, 5) is 16.6. The number of carbonyl (C=O) groups is 1. The van der Waals surface area contributed by atoms with Gasteiger partial charge < -0.3 is 14.9 Å². The van der Waals surface area contributed by atoms with E-state index in [1.54, 1.807) is 9.58 Å². The van der Waals surface area contributed by atoms with Gasteiger partial charge in [0.15, 0.2) is 5.69 Å². The summed E-state index contributed by atoms with van der Waals surface area (Å²) >= 11 is 0. The second-order valence-electron chi connectivity index (χ2n) is 6.93. The summed E-state index contributed by atoms with van der Waals surface area (Å²) in [6.45, 7) is 3.48. The van der Waals surface area contributed by atoms with Gasteiger partial charge in [-0.25, -0.2) is 0 Å². The van der Waals surface area contributed by atoms with Crippen LogP contribution in [-0.2, 0) is 7.05 Å². The highest BCUT2D eigenvalue weighted by Crippen LogP contribution is 2.26. The number of likely N-dealkylation sites (N-methyl/N-ethyl adjacent to an activating group) is 1. The van der Waals surface area contributed by atoms with Crippen molar-refractivity contribution < 1.29 is 9.90 Å². The first kappa shape index (κ1) is 16.0. The minimum absolute atomic E-state index is 0.101. The molecule has 1 aliphatic rings. The SMILES string of the molecule is Cc1ccc2c(c1)c(C(=O)N1CC[C@](O)(CN(C)C)C1)nn2C. The van der Waals surface area contributed by atoms with E-state index in [1.165, 1.54) is 0 Å². The molecule has 1 fully saturated rings. The van der Waals surface area contributed by atoms with Crippen LogP contribution in [0.3, 0.4) is 0 Å². The summed E-state index contributed by atoms with van der Waals surface area (Å²) in [6.07, 6.45) is 0.598. The van der Waals surface area contributed by atoms with Crippen LogP contribution >= 0.6 is 0 Å². The molecule has 1 saturated heterocycles. The molecule has 6 nitrogen and oxygen atoms in total. The van der Waals surface area contributed by atoms with Crippen molar-refractivity contribution in [3.63, 3.8) is 0 Å². The minimum atomic E-state index is -0.834. The molecule has 1 N–H and O–H groups in total. The van der Waals surface area contributed by atoms with Crippen LogP contribution in [0.25, 0.3) is 10.9 Å². The number of amides is 1. The number of nitrogens with zero attached hydrogens (tertiary/aromatic N) is 4. The van der Waals surface area contributed by atoms with Gasteiger partial charge in [-0.1, -0.05) is 11.6 Å². The van der Waals surface area contributed by atoms with Gasteiger partial charge in [0.25, 0.3) is 5.91 Å². The quantitative estimate of drug-likeness (QED) is 0.918. The Morgan fingerprint density at radius 1 is 1.43 bits per heavy atom. The zero-order valence-corrected chi connectivity index (χ0v) is 14.2. The molecule has 6 heteroatoms.